The number of aryl methyl sites for hydroxylation is 1. The van der Waals surface area contributed by atoms with Crippen LogP contribution in [0.25, 0.3) is 5.69 Å². The molecule has 0 saturated carbocycles. The number of carbonyl (C=O) groups excluding carboxylic acids is 2. The molecule has 1 amide bonds. The normalized spacial score (nSPS) is 17.0. The van der Waals surface area contributed by atoms with E-state index in [0.29, 0.717) is 5.69 Å². The number of hydrogen-bond acceptors (Lipinski definition) is 4. The Labute approximate surface area is 164 Å². The van der Waals surface area contributed by atoms with Crippen LogP contribution < -0.4 is 0 Å². The van der Waals surface area contributed by atoms with Crippen molar-refractivity contribution >= 4 is 23.5 Å². The molecular weight excluding hydrogens is 366 g/mol. The fraction of sp³-hybridized carbons (Fsp3) is 0.450. The smallest absolute Gasteiger partial charge is 0.343 e. The second kappa shape index (κ2) is 8.57. The van der Waals surface area contributed by atoms with Crippen LogP contribution in [0.4, 0.5) is 0 Å². The lowest BCUT2D eigenvalue weighted by molar-refractivity contribution is -0.138. The van der Waals surface area contributed by atoms with Gasteiger partial charge in [0.05, 0.1) is 11.4 Å². The molecule has 1 aromatic carbocycles. The summed E-state index contributed by atoms with van der Waals surface area (Å²) in [6, 6.07) is 9.54. The minimum Gasteiger partial charge on any atom is -0.452 e. The predicted octanol–water partition coefficient (Wildman–Crippen LogP) is 3.78. The minimum atomic E-state index is -0.627. The Morgan fingerprint density at radius 2 is 2.00 bits per heavy atom. The highest BCUT2D eigenvalue weighted by atomic mass is 35.5. The molecule has 6 nitrogen and oxygen atoms in total. The lowest BCUT2D eigenvalue weighted by Gasteiger charge is -2.35. The number of rotatable bonds is 5. The maximum absolute atomic E-state index is 12.5. The summed E-state index contributed by atoms with van der Waals surface area (Å²) in [7, 11) is 0. The van der Waals surface area contributed by atoms with E-state index in [2.05, 4.69) is 12.0 Å². The lowest BCUT2D eigenvalue weighted by atomic mass is 10.00. The summed E-state index contributed by atoms with van der Waals surface area (Å²) in [5, 5.41) is 4.51. The first-order chi connectivity index (χ1) is 13.0. The van der Waals surface area contributed by atoms with Gasteiger partial charge in [-0.2, -0.15) is 5.10 Å². The number of likely N-dealkylation sites (tertiary alicyclic amines) is 1. The minimum absolute atomic E-state index is 0.154. The number of hydrogen-bond donors (Lipinski definition) is 0. The monoisotopic (exact) mass is 389 g/mol. The molecule has 2 aromatic rings. The Bertz CT molecular complexity index is 819. The molecule has 1 aromatic heterocycles. The van der Waals surface area contributed by atoms with Crippen LogP contribution >= 0.6 is 11.6 Å². The number of halogens is 1. The van der Waals surface area contributed by atoms with Crippen molar-refractivity contribution in [3.8, 4) is 5.69 Å². The van der Waals surface area contributed by atoms with Crippen LogP contribution in [-0.4, -0.2) is 45.8 Å². The molecule has 0 radical (unpaired) electrons. The van der Waals surface area contributed by atoms with Gasteiger partial charge in [-0.25, -0.2) is 9.48 Å². The number of aromatic nitrogens is 2. The molecule has 2 heterocycles. The van der Waals surface area contributed by atoms with Crippen LogP contribution in [0.15, 0.2) is 30.3 Å². The Hall–Kier alpha value is -2.34. The topological polar surface area (TPSA) is 64.4 Å². The first-order valence-electron chi connectivity index (χ1n) is 9.30. The molecule has 0 spiro atoms. The second-order valence-electron chi connectivity index (χ2n) is 6.72. The highest BCUT2D eigenvalue weighted by Gasteiger charge is 2.27. The summed E-state index contributed by atoms with van der Waals surface area (Å²) in [6.45, 7) is 4.22. The summed E-state index contributed by atoms with van der Waals surface area (Å²) in [5.74, 6) is -0.780. The summed E-state index contributed by atoms with van der Waals surface area (Å²) >= 11 is 6.37. The van der Waals surface area contributed by atoms with Gasteiger partial charge in [0.2, 0.25) is 0 Å². The van der Waals surface area contributed by atoms with Gasteiger partial charge in [-0.15, -0.1) is 0 Å². The van der Waals surface area contributed by atoms with Crippen LogP contribution in [0, 0.1) is 6.92 Å². The molecule has 7 heteroatoms. The van der Waals surface area contributed by atoms with Crippen LogP contribution in [0.3, 0.4) is 0 Å². The zero-order chi connectivity index (χ0) is 19.4. The molecule has 1 atom stereocenters. The zero-order valence-corrected chi connectivity index (χ0v) is 16.4. The molecule has 0 aliphatic carbocycles. The molecular formula is C20H24ClN3O3. The number of amides is 1. The molecule has 1 aliphatic heterocycles. The van der Waals surface area contributed by atoms with E-state index >= 15 is 0 Å². The van der Waals surface area contributed by atoms with Crippen LogP contribution in [0.5, 0.6) is 0 Å². The van der Waals surface area contributed by atoms with Gasteiger partial charge in [0, 0.05) is 12.6 Å². The predicted molar refractivity (Wildman–Crippen MR) is 103 cm³/mol. The lowest BCUT2D eigenvalue weighted by Crippen LogP contribution is -2.45. The SMILES string of the molecule is CC[C@H]1CCCCN1C(=O)COC(=O)c1c(C)nn(-c2ccccc2)c1Cl. The Morgan fingerprint density at radius 3 is 2.70 bits per heavy atom. The third-order valence-corrected chi connectivity index (χ3v) is 5.30. The quantitative estimate of drug-likeness (QED) is 0.730. The molecule has 27 heavy (non-hydrogen) atoms. The van der Waals surface area contributed by atoms with E-state index in [1.807, 2.05) is 35.2 Å². The molecule has 3 rings (SSSR count). The van der Waals surface area contributed by atoms with E-state index in [-0.39, 0.29) is 29.3 Å². The van der Waals surface area contributed by atoms with Crippen molar-refractivity contribution in [1.82, 2.24) is 14.7 Å². The van der Waals surface area contributed by atoms with Gasteiger partial charge in [0.15, 0.2) is 6.61 Å². The van der Waals surface area contributed by atoms with E-state index < -0.39 is 5.97 Å². The number of carbonyl (C=O) groups is 2. The Kier molecular flexibility index (Phi) is 6.16. The van der Waals surface area contributed by atoms with Crippen LogP contribution in [-0.2, 0) is 9.53 Å². The highest BCUT2D eigenvalue weighted by Crippen LogP contribution is 2.24. The first-order valence-corrected chi connectivity index (χ1v) is 9.67. The molecule has 0 bridgehead atoms. The van der Waals surface area contributed by atoms with Crippen molar-refractivity contribution in [2.75, 3.05) is 13.2 Å². The van der Waals surface area contributed by atoms with Crippen molar-refractivity contribution in [3.63, 3.8) is 0 Å². The van der Waals surface area contributed by atoms with Gasteiger partial charge in [-0.1, -0.05) is 36.7 Å². The van der Waals surface area contributed by atoms with Gasteiger partial charge in [-0.05, 0) is 44.7 Å². The van der Waals surface area contributed by atoms with Gasteiger partial charge in [0.25, 0.3) is 5.91 Å². The third kappa shape index (κ3) is 4.16. The van der Waals surface area contributed by atoms with Crippen molar-refractivity contribution < 1.29 is 14.3 Å². The third-order valence-electron chi connectivity index (χ3n) is 4.95. The number of benzene rings is 1. The van der Waals surface area contributed by atoms with Gasteiger partial charge >= 0.3 is 5.97 Å². The molecule has 0 N–H and O–H groups in total. The summed E-state index contributed by atoms with van der Waals surface area (Å²) in [5.41, 5.74) is 1.41. The number of piperidine rings is 1. The van der Waals surface area contributed by atoms with Crippen LogP contribution in [0.1, 0.15) is 48.7 Å². The zero-order valence-electron chi connectivity index (χ0n) is 15.7. The summed E-state index contributed by atoms with van der Waals surface area (Å²) in [4.78, 5) is 26.9. The van der Waals surface area contributed by atoms with Crippen molar-refractivity contribution in [2.24, 2.45) is 0 Å². The maximum Gasteiger partial charge on any atom is 0.343 e. The largest absolute Gasteiger partial charge is 0.452 e. The van der Waals surface area contributed by atoms with Crippen molar-refractivity contribution in [3.05, 3.63) is 46.7 Å². The Balaban J connectivity index is 1.70. The molecule has 144 valence electrons. The Morgan fingerprint density at radius 1 is 1.26 bits per heavy atom. The molecule has 1 saturated heterocycles. The van der Waals surface area contributed by atoms with Gasteiger partial charge in [0.1, 0.15) is 10.7 Å². The average Bonchev–Trinajstić information content (AvgIpc) is 3.00. The number of para-hydroxylation sites is 1. The van der Waals surface area contributed by atoms with Crippen LogP contribution in [0.2, 0.25) is 5.15 Å². The van der Waals surface area contributed by atoms with Crippen molar-refractivity contribution in [2.45, 2.75) is 45.6 Å². The molecule has 1 fully saturated rings. The van der Waals surface area contributed by atoms with E-state index in [4.69, 9.17) is 16.3 Å². The summed E-state index contributed by atoms with van der Waals surface area (Å²) in [6.07, 6.45) is 4.04. The first kappa shape index (κ1) is 19.4. The molecule has 0 unspecified atom stereocenters. The summed E-state index contributed by atoms with van der Waals surface area (Å²) < 4.78 is 6.77. The molecule has 1 aliphatic rings. The van der Waals surface area contributed by atoms with Crippen molar-refractivity contribution in [1.29, 1.82) is 0 Å². The average molecular weight is 390 g/mol. The number of nitrogens with zero attached hydrogens (tertiary/aromatic N) is 3. The van der Waals surface area contributed by atoms with Gasteiger partial charge < -0.3 is 9.64 Å². The van der Waals surface area contributed by atoms with E-state index in [1.165, 1.54) is 4.68 Å². The van der Waals surface area contributed by atoms with E-state index in [9.17, 15) is 9.59 Å². The van der Waals surface area contributed by atoms with E-state index in [1.54, 1.807) is 6.92 Å². The second-order valence-corrected chi connectivity index (χ2v) is 7.08. The number of ether oxygens (including phenoxy) is 1. The van der Waals surface area contributed by atoms with E-state index in [0.717, 1.165) is 37.9 Å². The number of esters is 1. The van der Waals surface area contributed by atoms with Gasteiger partial charge in [-0.3, -0.25) is 4.79 Å². The fourth-order valence-electron chi connectivity index (χ4n) is 3.51. The fourth-order valence-corrected chi connectivity index (χ4v) is 3.86. The standard InChI is InChI=1S/C20H24ClN3O3/c1-3-15-9-7-8-12-23(15)17(25)13-27-20(26)18-14(2)22-24(19(18)21)16-10-5-4-6-11-16/h4-6,10-11,15H,3,7-9,12-13H2,1-2H3/t15-/m0/s1. The maximum atomic E-state index is 12.5. The highest BCUT2D eigenvalue weighted by molar-refractivity contribution is 6.33.